The molecule has 1 amide bonds. The van der Waals surface area contributed by atoms with Crippen LogP contribution in [0.4, 0.5) is 4.39 Å². The van der Waals surface area contributed by atoms with Gasteiger partial charge in [0.1, 0.15) is 5.82 Å². The second-order valence-electron chi connectivity index (χ2n) is 5.10. The first-order valence-electron chi connectivity index (χ1n) is 6.98. The molecule has 1 aliphatic heterocycles. The fraction of sp³-hybridized carbons (Fsp3) is 0.235. The normalized spacial score (nSPS) is 17.1. The van der Waals surface area contributed by atoms with Crippen molar-refractivity contribution in [3.8, 4) is 0 Å². The van der Waals surface area contributed by atoms with Gasteiger partial charge in [0.05, 0.1) is 12.5 Å². The van der Waals surface area contributed by atoms with E-state index < -0.39 is 0 Å². The summed E-state index contributed by atoms with van der Waals surface area (Å²) in [6.07, 6.45) is 1.23. The summed E-state index contributed by atoms with van der Waals surface area (Å²) in [5.74, 6) is 0.712. The topological polar surface area (TPSA) is 29.1 Å². The molecule has 1 aliphatic rings. The van der Waals surface area contributed by atoms with Crippen LogP contribution in [0.25, 0.3) is 0 Å². The van der Waals surface area contributed by atoms with Crippen molar-refractivity contribution < 1.29 is 9.18 Å². The minimum Gasteiger partial charge on any atom is -0.349 e. The molecule has 0 saturated heterocycles. The van der Waals surface area contributed by atoms with Gasteiger partial charge in [-0.3, -0.25) is 4.79 Å². The van der Waals surface area contributed by atoms with Crippen LogP contribution in [0.3, 0.4) is 0 Å². The van der Waals surface area contributed by atoms with E-state index in [-0.39, 0.29) is 24.2 Å². The van der Waals surface area contributed by atoms with E-state index in [4.69, 9.17) is 0 Å². The van der Waals surface area contributed by atoms with Crippen LogP contribution in [0.2, 0.25) is 0 Å². The van der Waals surface area contributed by atoms with Crippen molar-refractivity contribution in [2.24, 2.45) is 0 Å². The molecule has 4 heteroatoms. The molecule has 3 rings (SSSR count). The number of nitrogens with one attached hydrogen (secondary N) is 1. The predicted molar refractivity (Wildman–Crippen MR) is 82.8 cm³/mol. The van der Waals surface area contributed by atoms with E-state index in [0.29, 0.717) is 0 Å². The lowest BCUT2D eigenvalue weighted by molar-refractivity contribution is -0.121. The summed E-state index contributed by atoms with van der Waals surface area (Å²) in [5, 5.41) is 3.09. The third-order valence-electron chi connectivity index (χ3n) is 3.57. The molecule has 1 atom stereocenters. The Morgan fingerprint density at radius 2 is 1.95 bits per heavy atom. The van der Waals surface area contributed by atoms with Crippen molar-refractivity contribution in [1.29, 1.82) is 0 Å². The Morgan fingerprint density at radius 1 is 1.19 bits per heavy atom. The Balaban J connectivity index is 1.67. The molecule has 0 fully saturated rings. The van der Waals surface area contributed by atoms with E-state index in [0.717, 1.165) is 17.7 Å². The highest BCUT2D eigenvalue weighted by molar-refractivity contribution is 7.99. The summed E-state index contributed by atoms with van der Waals surface area (Å²) in [5.41, 5.74) is 2.02. The standard InChI is InChI=1S/C17H16FNOS/c18-13-7-5-12(6-8-13)11-17(20)19-15-9-10-21-16-4-2-1-3-14(15)16/h1-8,15H,9-11H2,(H,19,20)/t15-/m0/s1. The van der Waals surface area contributed by atoms with Crippen molar-refractivity contribution in [2.45, 2.75) is 23.8 Å². The van der Waals surface area contributed by atoms with E-state index in [1.165, 1.54) is 22.6 Å². The smallest absolute Gasteiger partial charge is 0.224 e. The fourth-order valence-electron chi connectivity index (χ4n) is 2.53. The van der Waals surface area contributed by atoms with E-state index in [1.807, 2.05) is 23.9 Å². The van der Waals surface area contributed by atoms with Crippen molar-refractivity contribution >= 4 is 17.7 Å². The molecule has 0 aromatic heterocycles. The molecule has 2 nitrogen and oxygen atoms in total. The molecule has 0 spiro atoms. The van der Waals surface area contributed by atoms with Crippen LogP contribution < -0.4 is 5.32 Å². The summed E-state index contributed by atoms with van der Waals surface area (Å²) in [4.78, 5) is 13.4. The Morgan fingerprint density at radius 3 is 2.76 bits per heavy atom. The van der Waals surface area contributed by atoms with Crippen LogP contribution in [0, 0.1) is 5.82 Å². The molecule has 0 unspecified atom stereocenters. The Labute approximate surface area is 127 Å². The van der Waals surface area contributed by atoms with Gasteiger partial charge in [-0.25, -0.2) is 4.39 Å². The highest BCUT2D eigenvalue weighted by atomic mass is 32.2. The summed E-state index contributed by atoms with van der Waals surface area (Å²) < 4.78 is 12.9. The number of halogens is 1. The number of hydrogen-bond donors (Lipinski definition) is 1. The largest absolute Gasteiger partial charge is 0.349 e. The van der Waals surface area contributed by atoms with Gasteiger partial charge >= 0.3 is 0 Å². The molecule has 108 valence electrons. The number of amides is 1. The van der Waals surface area contributed by atoms with Crippen LogP contribution in [0.5, 0.6) is 0 Å². The number of carbonyl (C=O) groups excluding carboxylic acids is 1. The van der Waals surface area contributed by atoms with E-state index in [2.05, 4.69) is 17.4 Å². The van der Waals surface area contributed by atoms with E-state index in [1.54, 1.807) is 12.1 Å². The number of hydrogen-bond acceptors (Lipinski definition) is 2. The molecular formula is C17H16FNOS. The second-order valence-corrected chi connectivity index (χ2v) is 6.24. The third kappa shape index (κ3) is 3.45. The van der Waals surface area contributed by atoms with Gasteiger partial charge in [0.15, 0.2) is 0 Å². The maximum Gasteiger partial charge on any atom is 0.224 e. The molecular weight excluding hydrogens is 285 g/mol. The number of thioether (sulfide) groups is 1. The van der Waals surface area contributed by atoms with Crippen LogP contribution in [0.15, 0.2) is 53.4 Å². The Hall–Kier alpha value is -1.81. The van der Waals surface area contributed by atoms with Gasteiger partial charge in [-0.05, 0) is 35.7 Å². The van der Waals surface area contributed by atoms with Crippen molar-refractivity contribution in [2.75, 3.05) is 5.75 Å². The minimum atomic E-state index is -0.280. The quantitative estimate of drug-likeness (QED) is 0.936. The van der Waals surface area contributed by atoms with Gasteiger partial charge < -0.3 is 5.32 Å². The van der Waals surface area contributed by atoms with Gasteiger partial charge in [-0.1, -0.05) is 30.3 Å². The zero-order valence-corrected chi connectivity index (χ0v) is 12.3. The third-order valence-corrected chi connectivity index (χ3v) is 4.69. The lowest BCUT2D eigenvalue weighted by atomic mass is 10.0. The zero-order chi connectivity index (χ0) is 14.7. The first-order valence-corrected chi connectivity index (χ1v) is 7.96. The second kappa shape index (κ2) is 6.31. The summed E-state index contributed by atoms with van der Waals surface area (Å²) >= 11 is 1.83. The molecule has 0 aliphatic carbocycles. The van der Waals surface area contributed by atoms with Gasteiger partial charge in [0.2, 0.25) is 5.91 Å². The van der Waals surface area contributed by atoms with Crippen LogP contribution in [-0.2, 0) is 11.2 Å². The first kappa shape index (κ1) is 14.1. The Bertz CT molecular complexity index is 641. The SMILES string of the molecule is O=C(Cc1ccc(F)cc1)N[C@H]1CCSc2ccccc21. The zero-order valence-electron chi connectivity index (χ0n) is 11.5. The van der Waals surface area contributed by atoms with Crippen molar-refractivity contribution in [3.63, 3.8) is 0 Å². The first-order chi connectivity index (χ1) is 10.2. The van der Waals surface area contributed by atoms with Crippen molar-refractivity contribution in [3.05, 3.63) is 65.5 Å². The molecule has 2 aromatic carbocycles. The van der Waals surface area contributed by atoms with E-state index >= 15 is 0 Å². The monoisotopic (exact) mass is 301 g/mol. The average Bonchev–Trinajstić information content (AvgIpc) is 2.50. The predicted octanol–water partition coefficient (Wildman–Crippen LogP) is 3.72. The summed E-state index contributed by atoms with van der Waals surface area (Å²) in [6.45, 7) is 0. The average molecular weight is 301 g/mol. The van der Waals surface area contributed by atoms with Gasteiger partial charge in [0, 0.05) is 10.6 Å². The molecule has 1 N–H and O–H groups in total. The van der Waals surface area contributed by atoms with Gasteiger partial charge in [-0.15, -0.1) is 11.8 Å². The van der Waals surface area contributed by atoms with E-state index in [9.17, 15) is 9.18 Å². The molecule has 0 bridgehead atoms. The maximum atomic E-state index is 12.9. The molecule has 1 heterocycles. The van der Waals surface area contributed by atoms with Crippen LogP contribution in [0.1, 0.15) is 23.6 Å². The van der Waals surface area contributed by atoms with Crippen LogP contribution >= 0.6 is 11.8 Å². The summed E-state index contributed by atoms with van der Waals surface area (Å²) in [7, 11) is 0. The lowest BCUT2D eigenvalue weighted by Crippen LogP contribution is -2.31. The highest BCUT2D eigenvalue weighted by Crippen LogP contribution is 2.35. The Kier molecular flexibility index (Phi) is 4.25. The number of fused-ring (bicyclic) bond motifs is 1. The maximum absolute atomic E-state index is 12.9. The number of rotatable bonds is 3. The van der Waals surface area contributed by atoms with Crippen LogP contribution in [-0.4, -0.2) is 11.7 Å². The number of benzene rings is 2. The molecule has 0 radical (unpaired) electrons. The fourth-order valence-corrected chi connectivity index (χ4v) is 3.65. The van der Waals surface area contributed by atoms with Crippen molar-refractivity contribution in [1.82, 2.24) is 5.32 Å². The molecule has 2 aromatic rings. The minimum absolute atomic E-state index is 0.0201. The number of carbonyl (C=O) groups is 1. The van der Waals surface area contributed by atoms with Gasteiger partial charge in [-0.2, -0.15) is 0 Å². The highest BCUT2D eigenvalue weighted by Gasteiger charge is 2.21. The summed E-state index contributed by atoms with van der Waals surface area (Å²) in [6, 6.07) is 14.3. The van der Waals surface area contributed by atoms with Gasteiger partial charge in [0.25, 0.3) is 0 Å². The molecule has 21 heavy (non-hydrogen) atoms. The molecule has 0 saturated carbocycles. The lowest BCUT2D eigenvalue weighted by Gasteiger charge is -2.25.